The second-order valence-electron chi connectivity index (χ2n) is 8.62. The molecule has 1 amide bonds. The van der Waals surface area contributed by atoms with Crippen molar-refractivity contribution in [3.8, 4) is 0 Å². The zero-order chi connectivity index (χ0) is 22.8. The Morgan fingerprint density at radius 3 is 2.81 bits per heavy atom. The third kappa shape index (κ3) is 3.91. The lowest BCUT2D eigenvalue weighted by molar-refractivity contribution is -0.128. The van der Waals surface area contributed by atoms with E-state index < -0.39 is 6.04 Å². The normalized spacial score (nSPS) is 24.6. The first-order valence-corrected chi connectivity index (χ1v) is 11.2. The highest BCUT2D eigenvalue weighted by Gasteiger charge is 2.55. The summed E-state index contributed by atoms with van der Waals surface area (Å²) in [6.07, 6.45) is 4.43. The SMILES string of the molecule is CC=Cc1ccc2n(c1=O)C[C@@H]1[C@@H](CO)[C@H](C(=O)NCCC)N(Cc3cccc(F)c3)[C@H]21. The number of allylic oxidation sites excluding steroid dienone is 1. The highest BCUT2D eigenvalue weighted by molar-refractivity contribution is 5.82. The smallest absolute Gasteiger partial charge is 0.258 e. The van der Waals surface area contributed by atoms with Gasteiger partial charge in [-0.15, -0.1) is 0 Å². The molecular weight excluding hydrogens is 409 g/mol. The highest BCUT2D eigenvalue weighted by atomic mass is 19.1. The second kappa shape index (κ2) is 9.38. The fourth-order valence-corrected chi connectivity index (χ4v) is 5.31. The number of halogens is 1. The molecular formula is C25H30FN3O3. The minimum Gasteiger partial charge on any atom is -0.396 e. The molecule has 0 spiro atoms. The number of aliphatic hydroxyl groups excluding tert-OH is 1. The fraction of sp³-hybridized carbons (Fsp3) is 0.440. The Hall–Kier alpha value is -2.77. The van der Waals surface area contributed by atoms with Crippen LogP contribution < -0.4 is 10.9 Å². The minimum absolute atomic E-state index is 0.0654. The Morgan fingerprint density at radius 2 is 2.12 bits per heavy atom. The molecule has 6 nitrogen and oxygen atoms in total. The standard InChI is InChI=1S/C25H30FN3O3/c1-3-6-17-9-10-21-22-19(14-28(21)25(17)32)20(15-30)23(24(31)27-11-4-2)29(22)13-16-7-5-8-18(26)12-16/h3,5-10,12,19-20,22-23,30H,4,11,13-15H2,1-2H3,(H,27,31)/t19-,20-,22+,23-/m1/s1. The number of carbonyl (C=O) groups is 1. The summed E-state index contributed by atoms with van der Waals surface area (Å²) in [7, 11) is 0. The van der Waals surface area contributed by atoms with E-state index in [4.69, 9.17) is 0 Å². The molecule has 170 valence electrons. The first kappa shape index (κ1) is 22.4. The molecule has 0 radical (unpaired) electrons. The van der Waals surface area contributed by atoms with Crippen molar-refractivity contribution in [3.05, 3.63) is 75.5 Å². The largest absolute Gasteiger partial charge is 0.396 e. The van der Waals surface area contributed by atoms with Crippen LogP contribution in [0.3, 0.4) is 0 Å². The van der Waals surface area contributed by atoms with E-state index in [2.05, 4.69) is 5.32 Å². The molecule has 1 saturated heterocycles. The summed E-state index contributed by atoms with van der Waals surface area (Å²) in [5.41, 5.74) is 2.14. The molecule has 1 aromatic carbocycles. The van der Waals surface area contributed by atoms with E-state index in [1.165, 1.54) is 12.1 Å². The molecule has 2 aromatic rings. The average Bonchev–Trinajstić information content (AvgIpc) is 3.29. The molecule has 2 N–H and O–H groups in total. The van der Waals surface area contributed by atoms with E-state index in [9.17, 15) is 19.1 Å². The van der Waals surface area contributed by atoms with Crippen LogP contribution in [0.2, 0.25) is 0 Å². The lowest BCUT2D eigenvalue weighted by atomic mass is 9.88. The first-order chi connectivity index (χ1) is 15.5. The average molecular weight is 440 g/mol. The summed E-state index contributed by atoms with van der Waals surface area (Å²) >= 11 is 0. The van der Waals surface area contributed by atoms with Crippen LogP contribution in [0, 0.1) is 17.7 Å². The van der Waals surface area contributed by atoms with Gasteiger partial charge in [0, 0.05) is 49.3 Å². The van der Waals surface area contributed by atoms with Gasteiger partial charge in [0.1, 0.15) is 5.82 Å². The van der Waals surface area contributed by atoms with Crippen LogP contribution >= 0.6 is 0 Å². The fourth-order valence-electron chi connectivity index (χ4n) is 5.31. The Morgan fingerprint density at radius 1 is 1.31 bits per heavy atom. The Balaban J connectivity index is 1.78. The molecule has 0 unspecified atom stereocenters. The molecule has 32 heavy (non-hydrogen) atoms. The third-order valence-electron chi connectivity index (χ3n) is 6.64. The number of aliphatic hydroxyl groups is 1. The van der Waals surface area contributed by atoms with Gasteiger partial charge in [0.15, 0.2) is 0 Å². The van der Waals surface area contributed by atoms with Crippen LogP contribution in [0.1, 0.15) is 43.1 Å². The highest BCUT2D eigenvalue weighted by Crippen LogP contribution is 2.49. The van der Waals surface area contributed by atoms with Crippen LogP contribution in [-0.2, 0) is 17.9 Å². The molecule has 4 atom stereocenters. The van der Waals surface area contributed by atoms with Gasteiger partial charge in [-0.3, -0.25) is 14.5 Å². The number of nitrogens with zero attached hydrogens (tertiary/aromatic N) is 2. The number of hydrogen-bond acceptors (Lipinski definition) is 4. The predicted octanol–water partition coefficient (Wildman–Crippen LogP) is 2.71. The van der Waals surface area contributed by atoms with E-state index >= 15 is 0 Å². The maximum absolute atomic E-state index is 13.9. The van der Waals surface area contributed by atoms with Gasteiger partial charge in [-0.05, 0) is 43.2 Å². The summed E-state index contributed by atoms with van der Waals surface area (Å²) in [5, 5.41) is 13.3. The van der Waals surface area contributed by atoms with Gasteiger partial charge in [0.25, 0.3) is 5.56 Å². The summed E-state index contributed by atoms with van der Waals surface area (Å²) < 4.78 is 15.7. The van der Waals surface area contributed by atoms with Crippen LogP contribution in [0.4, 0.5) is 4.39 Å². The van der Waals surface area contributed by atoms with Crippen molar-refractivity contribution in [3.63, 3.8) is 0 Å². The summed E-state index contributed by atoms with van der Waals surface area (Å²) in [6.45, 7) is 5.06. The van der Waals surface area contributed by atoms with Crippen molar-refractivity contribution >= 4 is 12.0 Å². The van der Waals surface area contributed by atoms with Crippen molar-refractivity contribution < 1.29 is 14.3 Å². The first-order valence-electron chi connectivity index (χ1n) is 11.2. The van der Waals surface area contributed by atoms with Crippen LogP contribution in [-0.4, -0.2) is 39.7 Å². The molecule has 0 saturated carbocycles. The minimum atomic E-state index is -0.552. The van der Waals surface area contributed by atoms with E-state index in [-0.39, 0.29) is 41.8 Å². The van der Waals surface area contributed by atoms with Crippen molar-refractivity contribution in [1.82, 2.24) is 14.8 Å². The maximum Gasteiger partial charge on any atom is 0.258 e. The number of pyridine rings is 1. The molecule has 2 aliphatic rings. The van der Waals surface area contributed by atoms with Crippen molar-refractivity contribution in [2.24, 2.45) is 11.8 Å². The Bertz CT molecular complexity index is 1080. The molecule has 3 heterocycles. The molecule has 1 fully saturated rings. The summed E-state index contributed by atoms with van der Waals surface area (Å²) in [6, 6.07) is 9.36. The second-order valence-corrected chi connectivity index (χ2v) is 8.62. The molecule has 1 aromatic heterocycles. The number of likely N-dealkylation sites (tertiary alicyclic amines) is 1. The number of aromatic nitrogens is 1. The molecule has 7 heteroatoms. The van der Waals surface area contributed by atoms with Crippen molar-refractivity contribution in [2.75, 3.05) is 13.2 Å². The predicted molar refractivity (Wildman–Crippen MR) is 121 cm³/mol. The zero-order valence-corrected chi connectivity index (χ0v) is 18.5. The Labute approximate surface area is 187 Å². The third-order valence-corrected chi connectivity index (χ3v) is 6.64. The van der Waals surface area contributed by atoms with Crippen LogP contribution in [0.25, 0.3) is 6.08 Å². The monoisotopic (exact) mass is 439 g/mol. The van der Waals surface area contributed by atoms with Gasteiger partial charge in [-0.1, -0.05) is 31.2 Å². The van der Waals surface area contributed by atoms with E-state index in [1.54, 1.807) is 16.7 Å². The van der Waals surface area contributed by atoms with E-state index in [0.717, 1.165) is 17.7 Å². The van der Waals surface area contributed by atoms with E-state index in [0.29, 0.717) is 25.2 Å². The zero-order valence-electron chi connectivity index (χ0n) is 18.5. The topological polar surface area (TPSA) is 74.6 Å². The van der Waals surface area contributed by atoms with Crippen LogP contribution in [0.5, 0.6) is 0 Å². The van der Waals surface area contributed by atoms with Crippen LogP contribution in [0.15, 0.2) is 47.3 Å². The number of benzene rings is 1. The van der Waals surface area contributed by atoms with Gasteiger partial charge < -0.3 is 15.0 Å². The number of fused-ring (bicyclic) bond motifs is 3. The molecule has 0 bridgehead atoms. The lowest BCUT2D eigenvalue weighted by Crippen LogP contribution is -2.48. The van der Waals surface area contributed by atoms with Crippen molar-refractivity contribution in [2.45, 2.75) is 45.4 Å². The van der Waals surface area contributed by atoms with E-state index in [1.807, 2.05) is 43.0 Å². The van der Waals surface area contributed by atoms with Gasteiger partial charge in [0.2, 0.25) is 5.91 Å². The number of amides is 1. The van der Waals surface area contributed by atoms with Gasteiger partial charge >= 0.3 is 0 Å². The quantitative estimate of drug-likeness (QED) is 0.696. The van der Waals surface area contributed by atoms with Gasteiger partial charge in [0.05, 0.1) is 12.1 Å². The number of carbonyl (C=O) groups excluding carboxylic acids is 1. The van der Waals surface area contributed by atoms with Gasteiger partial charge in [-0.2, -0.15) is 0 Å². The molecule has 2 aliphatic heterocycles. The Kier molecular flexibility index (Phi) is 6.58. The number of nitrogens with one attached hydrogen (secondary N) is 1. The lowest BCUT2D eigenvalue weighted by Gasteiger charge is -2.31. The van der Waals surface area contributed by atoms with Crippen molar-refractivity contribution in [1.29, 1.82) is 0 Å². The maximum atomic E-state index is 13.9. The molecule has 4 rings (SSSR count). The number of hydrogen-bond donors (Lipinski definition) is 2. The summed E-state index contributed by atoms with van der Waals surface area (Å²) in [5.74, 6) is -0.867. The number of rotatable bonds is 7. The molecule has 0 aliphatic carbocycles. The summed E-state index contributed by atoms with van der Waals surface area (Å²) in [4.78, 5) is 28.3. The van der Waals surface area contributed by atoms with Gasteiger partial charge in [-0.25, -0.2) is 4.39 Å².